The molecule has 0 heterocycles. The molecular weight excluding hydrogens is 458 g/mol. The van der Waals surface area contributed by atoms with Crippen LogP contribution in [0.1, 0.15) is 21.5 Å². The van der Waals surface area contributed by atoms with Crippen molar-refractivity contribution < 1.29 is 19.6 Å². The number of aliphatic hydroxyl groups excluding tert-OH is 1. The molecule has 3 rings (SSSR count). The van der Waals surface area contributed by atoms with E-state index < -0.39 is 23.0 Å². The molecule has 0 aliphatic heterocycles. The summed E-state index contributed by atoms with van der Waals surface area (Å²) in [5, 5.41) is 28.0. The molecule has 0 aromatic heterocycles. The molecule has 0 bridgehead atoms. The van der Waals surface area contributed by atoms with Crippen LogP contribution in [-0.4, -0.2) is 41.7 Å². The molecule has 0 fully saturated rings. The van der Waals surface area contributed by atoms with E-state index >= 15 is 0 Å². The molecule has 0 saturated heterocycles. The molecule has 8 nitrogen and oxygen atoms in total. The molecule has 0 aliphatic rings. The number of halogens is 1. The first kappa shape index (κ1) is 25.2. The molecule has 2 atom stereocenters. The molecule has 0 unspecified atom stereocenters. The van der Waals surface area contributed by atoms with Gasteiger partial charge in [0, 0.05) is 24.7 Å². The zero-order valence-electron chi connectivity index (χ0n) is 18.6. The number of methoxy groups -OCH3 is 1. The average molecular weight is 484 g/mol. The van der Waals surface area contributed by atoms with Gasteiger partial charge in [0.25, 0.3) is 11.6 Å². The van der Waals surface area contributed by atoms with Crippen LogP contribution in [-0.2, 0) is 13.0 Å². The average Bonchev–Trinajstić information content (AvgIpc) is 2.84. The van der Waals surface area contributed by atoms with E-state index in [1.54, 1.807) is 7.11 Å². The lowest BCUT2D eigenvalue weighted by atomic mass is 10.00. The van der Waals surface area contributed by atoms with Gasteiger partial charge in [-0.15, -0.1) is 0 Å². The molecule has 0 aliphatic carbocycles. The van der Waals surface area contributed by atoms with E-state index in [1.165, 1.54) is 12.1 Å². The van der Waals surface area contributed by atoms with Crippen LogP contribution in [0.2, 0.25) is 5.02 Å². The number of hydrogen-bond donors (Lipinski definition) is 3. The van der Waals surface area contributed by atoms with Gasteiger partial charge >= 0.3 is 0 Å². The first-order chi connectivity index (χ1) is 16.4. The molecule has 9 heteroatoms. The second-order valence-corrected chi connectivity index (χ2v) is 8.15. The van der Waals surface area contributed by atoms with Crippen molar-refractivity contribution in [1.29, 1.82) is 0 Å². The molecular formula is C25H26ClN3O5. The third kappa shape index (κ3) is 7.02. The zero-order chi connectivity index (χ0) is 24.5. The van der Waals surface area contributed by atoms with Crippen molar-refractivity contribution in [2.75, 3.05) is 13.7 Å². The second-order valence-electron chi connectivity index (χ2n) is 7.74. The summed E-state index contributed by atoms with van der Waals surface area (Å²) in [7, 11) is 1.60. The monoisotopic (exact) mass is 483 g/mol. The van der Waals surface area contributed by atoms with Crippen molar-refractivity contribution >= 4 is 23.2 Å². The van der Waals surface area contributed by atoms with Gasteiger partial charge in [0.1, 0.15) is 10.8 Å². The Morgan fingerprint density at radius 2 is 1.82 bits per heavy atom. The van der Waals surface area contributed by atoms with E-state index in [0.29, 0.717) is 13.0 Å². The van der Waals surface area contributed by atoms with Crippen molar-refractivity contribution in [2.45, 2.75) is 25.1 Å². The quantitative estimate of drug-likeness (QED) is 0.283. The fourth-order valence-electron chi connectivity index (χ4n) is 3.49. The summed E-state index contributed by atoms with van der Waals surface area (Å²) in [4.78, 5) is 23.4. The van der Waals surface area contributed by atoms with E-state index in [0.717, 1.165) is 22.9 Å². The van der Waals surface area contributed by atoms with Crippen LogP contribution in [0.25, 0.3) is 0 Å². The SMILES string of the molecule is COc1cccc(CNC[C@H](O)[C@H](Cc2ccccc2)NC(=O)c2ccc(Cl)c([N+](=O)[O-])c2)c1. The third-order valence-electron chi connectivity index (χ3n) is 5.30. The van der Waals surface area contributed by atoms with E-state index in [9.17, 15) is 20.0 Å². The van der Waals surface area contributed by atoms with E-state index in [2.05, 4.69) is 10.6 Å². The summed E-state index contributed by atoms with van der Waals surface area (Å²) in [5.74, 6) is 0.207. The van der Waals surface area contributed by atoms with Gasteiger partial charge < -0.3 is 20.5 Å². The number of rotatable bonds is 11. The summed E-state index contributed by atoms with van der Waals surface area (Å²) in [6.07, 6.45) is -0.540. The lowest BCUT2D eigenvalue weighted by molar-refractivity contribution is -0.384. The van der Waals surface area contributed by atoms with Gasteiger partial charge in [0.2, 0.25) is 0 Å². The topological polar surface area (TPSA) is 114 Å². The Bertz CT molecular complexity index is 1130. The smallest absolute Gasteiger partial charge is 0.288 e. The Morgan fingerprint density at radius 3 is 2.53 bits per heavy atom. The van der Waals surface area contributed by atoms with Crippen LogP contribution in [0.5, 0.6) is 5.75 Å². The van der Waals surface area contributed by atoms with Crippen LogP contribution in [0.3, 0.4) is 0 Å². The van der Waals surface area contributed by atoms with Crippen molar-refractivity contribution in [1.82, 2.24) is 10.6 Å². The summed E-state index contributed by atoms with van der Waals surface area (Å²) in [6.45, 7) is 0.722. The number of aliphatic hydroxyl groups is 1. The van der Waals surface area contributed by atoms with Gasteiger partial charge in [-0.3, -0.25) is 14.9 Å². The fourth-order valence-corrected chi connectivity index (χ4v) is 3.67. The lowest BCUT2D eigenvalue weighted by Crippen LogP contribution is -2.48. The van der Waals surface area contributed by atoms with Crippen molar-refractivity contribution in [2.24, 2.45) is 0 Å². The predicted octanol–water partition coefficient (Wildman–Crippen LogP) is 3.75. The van der Waals surface area contributed by atoms with Gasteiger partial charge in [-0.2, -0.15) is 0 Å². The Kier molecular flexibility index (Phi) is 8.98. The molecule has 0 spiro atoms. The highest BCUT2D eigenvalue weighted by atomic mass is 35.5. The highest BCUT2D eigenvalue weighted by Crippen LogP contribution is 2.25. The van der Waals surface area contributed by atoms with Crippen LogP contribution in [0, 0.1) is 10.1 Å². The zero-order valence-corrected chi connectivity index (χ0v) is 19.4. The number of nitro groups is 1. The Morgan fingerprint density at radius 1 is 1.09 bits per heavy atom. The van der Waals surface area contributed by atoms with Gasteiger partial charge in [0.05, 0.1) is 24.2 Å². The number of carbonyl (C=O) groups excluding carboxylic acids is 1. The Balaban J connectivity index is 1.70. The highest BCUT2D eigenvalue weighted by Gasteiger charge is 2.24. The maximum Gasteiger partial charge on any atom is 0.288 e. The molecule has 178 valence electrons. The van der Waals surface area contributed by atoms with Crippen LogP contribution < -0.4 is 15.4 Å². The summed E-state index contributed by atoms with van der Waals surface area (Å²) in [5.41, 5.74) is 1.66. The van der Waals surface area contributed by atoms with E-state index in [1.807, 2.05) is 54.6 Å². The second kappa shape index (κ2) is 12.1. The van der Waals surface area contributed by atoms with Crippen LogP contribution in [0.15, 0.2) is 72.8 Å². The first-order valence-corrected chi connectivity index (χ1v) is 11.1. The minimum absolute atomic E-state index is 0.0517. The number of carbonyl (C=O) groups is 1. The van der Waals surface area contributed by atoms with Crippen molar-refractivity contribution in [3.63, 3.8) is 0 Å². The summed E-state index contributed by atoms with van der Waals surface area (Å²) < 4.78 is 5.23. The summed E-state index contributed by atoms with van der Waals surface area (Å²) in [6, 6.07) is 20.3. The standard InChI is InChI=1S/C25H26ClN3O5/c1-34-20-9-5-8-18(12-20)15-27-16-24(30)22(13-17-6-3-2-4-7-17)28-25(31)19-10-11-21(26)23(14-19)29(32)33/h2-12,14,22,24,27,30H,13,15-16H2,1H3,(H,28,31)/t22-,24-/m0/s1. The minimum Gasteiger partial charge on any atom is -0.497 e. The number of ether oxygens (including phenoxy) is 1. The molecule has 3 aromatic carbocycles. The predicted molar refractivity (Wildman–Crippen MR) is 130 cm³/mol. The fraction of sp³-hybridized carbons (Fsp3) is 0.240. The normalized spacial score (nSPS) is 12.6. The third-order valence-corrected chi connectivity index (χ3v) is 5.62. The summed E-state index contributed by atoms with van der Waals surface area (Å²) >= 11 is 5.86. The lowest BCUT2D eigenvalue weighted by Gasteiger charge is -2.25. The highest BCUT2D eigenvalue weighted by molar-refractivity contribution is 6.32. The minimum atomic E-state index is -0.919. The number of nitrogens with zero attached hydrogens (tertiary/aromatic N) is 1. The van der Waals surface area contributed by atoms with Crippen LogP contribution >= 0.6 is 11.6 Å². The largest absolute Gasteiger partial charge is 0.497 e. The first-order valence-electron chi connectivity index (χ1n) is 10.7. The number of benzene rings is 3. The molecule has 34 heavy (non-hydrogen) atoms. The van der Waals surface area contributed by atoms with E-state index in [4.69, 9.17) is 16.3 Å². The van der Waals surface area contributed by atoms with Gasteiger partial charge in [0.15, 0.2) is 0 Å². The number of hydrogen-bond acceptors (Lipinski definition) is 6. The Hall–Kier alpha value is -3.46. The Labute approximate surface area is 202 Å². The number of nitrogens with one attached hydrogen (secondary N) is 2. The van der Waals surface area contributed by atoms with Crippen molar-refractivity contribution in [3.8, 4) is 5.75 Å². The molecule has 0 radical (unpaired) electrons. The van der Waals surface area contributed by atoms with Gasteiger partial charge in [-0.1, -0.05) is 54.1 Å². The maximum atomic E-state index is 12.9. The van der Waals surface area contributed by atoms with Gasteiger partial charge in [-0.05, 0) is 41.8 Å². The number of nitro benzene ring substituents is 1. The molecule has 3 aromatic rings. The van der Waals surface area contributed by atoms with Crippen LogP contribution in [0.4, 0.5) is 5.69 Å². The maximum absolute atomic E-state index is 12.9. The molecule has 1 amide bonds. The van der Waals surface area contributed by atoms with E-state index in [-0.39, 0.29) is 22.8 Å². The number of amides is 1. The molecule has 3 N–H and O–H groups in total. The molecule has 0 saturated carbocycles. The van der Waals surface area contributed by atoms with Gasteiger partial charge in [-0.25, -0.2) is 0 Å². The van der Waals surface area contributed by atoms with Crippen molar-refractivity contribution in [3.05, 3.63) is 105 Å².